The van der Waals surface area contributed by atoms with E-state index in [2.05, 4.69) is 16.3 Å². The van der Waals surface area contributed by atoms with Crippen LogP contribution in [-0.2, 0) is 16.1 Å². The summed E-state index contributed by atoms with van der Waals surface area (Å²) in [6, 6.07) is 16.1. The van der Waals surface area contributed by atoms with Crippen molar-refractivity contribution in [3.63, 3.8) is 0 Å². The lowest BCUT2D eigenvalue weighted by molar-refractivity contribution is -0.139. The van der Waals surface area contributed by atoms with Crippen LogP contribution in [0.3, 0.4) is 0 Å². The van der Waals surface area contributed by atoms with E-state index in [-0.39, 0.29) is 17.4 Å². The SMILES string of the molecule is CCC(=O)NCCC(c1cccc(Cl)c1)N1CCC2(CCN(Cc3ccc(OC)cc3)C2=O)CC1. The Hall–Kier alpha value is -2.57. The first-order valence-electron chi connectivity index (χ1n) is 12.6. The lowest BCUT2D eigenvalue weighted by atomic mass is 9.76. The summed E-state index contributed by atoms with van der Waals surface area (Å²) in [6.45, 7) is 5.68. The van der Waals surface area contributed by atoms with Crippen LogP contribution in [0, 0.1) is 5.41 Å². The van der Waals surface area contributed by atoms with Crippen molar-refractivity contribution in [2.24, 2.45) is 5.41 Å². The maximum Gasteiger partial charge on any atom is 0.229 e. The average Bonchev–Trinajstić information content (AvgIpc) is 3.17. The number of ether oxygens (including phenoxy) is 1. The second-order valence-corrected chi connectivity index (χ2v) is 10.1. The Labute approximate surface area is 213 Å². The van der Waals surface area contributed by atoms with Crippen LogP contribution in [0.25, 0.3) is 0 Å². The Morgan fingerprint density at radius 1 is 1.11 bits per heavy atom. The number of hydrogen-bond donors (Lipinski definition) is 1. The highest BCUT2D eigenvalue weighted by atomic mass is 35.5. The molecule has 7 heteroatoms. The van der Waals surface area contributed by atoms with Crippen molar-refractivity contribution in [1.29, 1.82) is 0 Å². The molecule has 0 saturated carbocycles. The second kappa shape index (κ2) is 11.4. The molecule has 4 rings (SSSR count). The van der Waals surface area contributed by atoms with E-state index in [4.69, 9.17) is 16.3 Å². The van der Waals surface area contributed by atoms with E-state index >= 15 is 0 Å². The monoisotopic (exact) mass is 497 g/mol. The number of hydrogen-bond acceptors (Lipinski definition) is 4. The molecule has 2 fully saturated rings. The van der Waals surface area contributed by atoms with Crippen molar-refractivity contribution in [1.82, 2.24) is 15.1 Å². The topological polar surface area (TPSA) is 61.9 Å². The molecule has 2 aliphatic rings. The van der Waals surface area contributed by atoms with Crippen molar-refractivity contribution in [2.75, 3.05) is 33.3 Å². The number of rotatable bonds is 9. The fraction of sp³-hybridized carbons (Fsp3) is 0.500. The number of piperidine rings is 1. The van der Waals surface area contributed by atoms with Gasteiger partial charge in [-0.05, 0) is 74.2 Å². The molecule has 2 aromatic rings. The van der Waals surface area contributed by atoms with Crippen molar-refractivity contribution in [3.05, 3.63) is 64.7 Å². The Morgan fingerprint density at radius 3 is 2.49 bits per heavy atom. The summed E-state index contributed by atoms with van der Waals surface area (Å²) in [4.78, 5) is 29.8. The first-order chi connectivity index (χ1) is 16.9. The van der Waals surface area contributed by atoms with Gasteiger partial charge in [-0.1, -0.05) is 42.8 Å². The van der Waals surface area contributed by atoms with E-state index in [0.29, 0.717) is 25.4 Å². The summed E-state index contributed by atoms with van der Waals surface area (Å²) in [5.74, 6) is 1.19. The molecule has 1 unspecified atom stereocenters. The summed E-state index contributed by atoms with van der Waals surface area (Å²) in [5.41, 5.74) is 2.04. The first kappa shape index (κ1) is 25.5. The lowest BCUT2D eigenvalue weighted by Gasteiger charge is -2.42. The van der Waals surface area contributed by atoms with Crippen LogP contribution < -0.4 is 10.1 Å². The zero-order chi connectivity index (χ0) is 24.8. The van der Waals surface area contributed by atoms with E-state index in [9.17, 15) is 9.59 Å². The Balaban J connectivity index is 1.40. The summed E-state index contributed by atoms with van der Waals surface area (Å²) in [5, 5.41) is 3.73. The molecule has 0 radical (unpaired) electrons. The number of methoxy groups -OCH3 is 1. The predicted octanol–water partition coefficient (Wildman–Crippen LogP) is 4.82. The smallest absolute Gasteiger partial charge is 0.229 e. The lowest BCUT2D eigenvalue weighted by Crippen LogP contribution is -2.46. The highest BCUT2D eigenvalue weighted by Crippen LogP contribution is 2.44. The maximum absolute atomic E-state index is 13.5. The molecule has 6 nitrogen and oxygen atoms in total. The second-order valence-electron chi connectivity index (χ2n) is 9.70. The average molecular weight is 498 g/mol. The predicted molar refractivity (Wildman–Crippen MR) is 138 cm³/mol. The van der Waals surface area contributed by atoms with Gasteiger partial charge in [0, 0.05) is 37.1 Å². The van der Waals surface area contributed by atoms with Gasteiger partial charge in [0.2, 0.25) is 11.8 Å². The standard InChI is InChI=1S/C28H36ClN3O3/c1-3-26(33)30-15-11-25(22-5-4-6-23(29)19-22)31-16-12-28(13-17-31)14-18-32(27(28)34)20-21-7-9-24(35-2)10-8-21/h4-10,19,25H,3,11-18,20H2,1-2H3,(H,30,33). The Morgan fingerprint density at radius 2 is 1.83 bits per heavy atom. The van der Waals surface area contributed by atoms with Crippen LogP contribution in [-0.4, -0.2) is 54.9 Å². The van der Waals surface area contributed by atoms with Gasteiger partial charge in [-0.3, -0.25) is 14.5 Å². The molecule has 2 aliphatic heterocycles. The number of carbonyl (C=O) groups is 2. The highest BCUT2D eigenvalue weighted by molar-refractivity contribution is 6.30. The zero-order valence-electron chi connectivity index (χ0n) is 20.8. The molecular formula is C28H36ClN3O3. The molecule has 2 heterocycles. The fourth-order valence-electron chi connectivity index (χ4n) is 5.47. The third-order valence-corrected chi connectivity index (χ3v) is 7.86. The molecule has 1 N–H and O–H groups in total. The first-order valence-corrected chi connectivity index (χ1v) is 13.0. The molecule has 35 heavy (non-hydrogen) atoms. The number of likely N-dealkylation sites (tertiary alicyclic amines) is 2. The summed E-state index contributed by atoms with van der Waals surface area (Å²) in [6.07, 6.45) is 3.96. The van der Waals surface area contributed by atoms with Gasteiger partial charge in [0.25, 0.3) is 0 Å². The van der Waals surface area contributed by atoms with Crippen LogP contribution in [0.5, 0.6) is 5.75 Å². The summed E-state index contributed by atoms with van der Waals surface area (Å²) < 4.78 is 5.25. The summed E-state index contributed by atoms with van der Waals surface area (Å²) >= 11 is 6.31. The highest BCUT2D eigenvalue weighted by Gasteiger charge is 2.48. The number of halogens is 1. The van der Waals surface area contributed by atoms with E-state index in [1.807, 2.05) is 54.3 Å². The van der Waals surface area contributed by atoms with E-state index < -0.39 is 0 Å². The van der Waals surface area contributed by atoms with Gasteiger partial charge in [-0.15, -0.1) is 0 Å². The van der Waals surface area contributed by atoms with Crippen LogP contribution in [0.2, 0.25) is 5.02 Å². The van der Waals surface area contributed by atoms with Gasteiger partial charge in [-0.2, -0.15) is 0 Å². The van der Waals surface area contributed by atoms with Gasteiger partial charge in [0.15, 0.2) is 0 Å². The van der Waals surface area contributed by atoms with Gasteiger partial charge in [-0.25, -0.2) is 0 Å². The molecule has 0 bridgehead atoms. The molecule has 188 valence electrons. The molecule has 2 amide bonds. The van der Waals surface area contributed by atoms with Crippen LogP contribution in [0.4, 0.5) is 0 Å². The molecule has 1 atom stereocenters. The van der Waals surface area contributed by atoms with Gasteiger partial charge < -0.3 is 15.0 Å². The molecule has 0 aromatic heterocycles. The van der Waals surface area contributed by atoms with Crippen molar-refractivity contribution in [3.8, 4) is 5.75 Å². The maximum atomic E-state index is 13.5. The molecule has 1 spiro atoms. The number of carbonyl (C=O) groups excluding carboxylic acids is 2. The third-order valence-electron chi connectivity index (χ3n) is 7.62. The number of amides is 2. The number of benzene rings is 2. The van der Waals surface area contributed by atoms with Crippen molar-refractivity contribution >= 4 is 23.4 Å². The van der Waals surface area contributed by atoms with Gasteiger partial charge in [0.05, 0.1) is 12.5 Å². The quantitative estimate of drug-likeness (QED) is 0.539. The molecule has 2 aromatic carbocycles. The summed E-state index contributed by atoms with van der Waals surface area (Å²) in [7, 11) is 1.66. The molecular weight excluding hydrogens is 462 g/mol. The minimum atomic E-state index is -0.252. The van der Waals surface area contributed by atoms with Gasteiger partial charge in [0.1, 0.15) is 5.75 Å². The van der Waals surface area contributed by atoms with E-state index in [1.165, 1.54) is 0 Å². The largest absolute Gasteiger partial charge is 0.497 e. The fourth-order valence-corrected chi connectivity index (χ4v) is 5.67. The molecule has 0 aliphatic carbocycles. The van der Waals surface area contributed by atoms with Gasteiger partial charge >= 0.3 is 0 Å². The normalized spacial score (nSPS) is 18.6. The van der Waals surface area contributed by atoms with Crippen molar-refractivity contribution in [2.45, 2.75) is 51.6 Å². The number of nitrogens with zero attached hydrogens (tertiary/aromatic N) is 2. The van der Waals surface area contributed by atoms with Crippen molar-refractivity contribution < 1.29 is 14.3 Å². The minimum Gasteiger partial charge on any atom is -0.497 e. The Kier molecular flexibility index (Phi) is 8.34. The Bertz CT molecular complexity index is 1020. The van der Waals surface area contributed by atoms with E-state index in [0.717, 1.165) is 67.2 Å². The number of nitrogens with one attached hydrogen (secondary N) is 1. The van der Waals surface area contributed by atoms with Crippen LogP contribution in [0.15, 0.2) is 48.5 Å². The molecule has 2 saturated heterocycles. The van der Waals surface area contributed by atoms with Crippen LogP contribution >= 0.6 is 11.6 Å². The van der Waals surface area contributed by atoms with E-state index in [1.54, 1.807) is 7.11 Å². The van der Waals surface area contributed by atoms with Crippen LogP contribution in [0.1, 0.15) is 56.2 Å². The minimum absolute atomic E-state index is 0.0703. The third kappa shape index (κ3) is 5.99. The zero-order valence-corrected chi connectivity index (χ0v) is 21.5.